The summed E-state index contributed by atoms with van der Waals surface area (Å²) in [5.74, 6) is 0. The highest BCUT2D eigenvalue weighted by Crippen LogP contribution is 2.30. The Hall–Kier alpha value is -1.70. The molecule has 0 radical (unpaired) electrons. The SMILES string of the molecule is Cc1ccc(-c2sc(CCN)nc2C#N)cc1. The molecule has 2 aromatic rings. The number of nitrogens with two attached hydrogens (primary N) is 1. The molecule has 0 saturated carbocycles. The number of hydrogen-bond donors (Lipinski definition) is 1. The zero-order valence-corrected chi connectivity index (χ0v) is 10.4. The highest BCUT2D eigenvalue weighted by molar-refractivity contribution is 7.15. The summed E-state index contributed by atoms with van der Waals surface area (Å²) in [4.78, 5) is 5.24. The smallest absolute Gasteiger partial charge is 0.159 e. The van der Waals surface area contributed by atoms with Gasteiger partial charge < -0.3 is 5.73 Å². The average molecular weight is 243 g/mol. The van der Waals surface area contributed by atoms with Crippen molar-refractivity contribution in [1.29, 1.82) is 5.26 Å². The molecule has 0 atom stereocenters. The molecular formula is C13H13N3S. The highest BCUT2D eigenvalue weighted by Gasteiger charge is 2.11. The van der Waals surface area contributed by atoms with Crippen LogP contribution in [0.1, 0.15) is 16.3 Å². The molecular weight excluding hydrogens is 230 g/mol. The lowest BCUT2D eigenvalue weighted by Crippen LogP contribution is -2.01. The molecule has 0 spiro atoms. The van der Waals surface area contributed by atoms with Crippen molar-refractivity contribution in [2.24, 2.45) is 5.73 Å². The molecule has 1 aromatic heterocycles. The second kappa shape index (κ2) is 5.09. The van der Waals surface area contributed by atoms with Gasteiger partial charge in [0.2, 0.25) is 0 Å². The van der Waals surface area contributed by atoms with Crippen molar-refractivity contribution in [3.05, 3.63) is 40.5 Å². The van der Waals surface area contributed by atoms with Crippen LogP contribution in [0, 0.1) is 18.3 Å². The second-order valence-corrected chi connectivity index (χ2v) is 4.89. The molecule has 0 saturated heterocycles. The summed E-state index contributed by atoms with van der Waals surface area (Å²) in [5.41, 5.74) is 8.26. The van der Waals surface area contributed by atoms with E-state index in [1.807, 2.05) is 31.2 Å². The molecule has 1 heterocycles. The third-order valence-corrected chi connectivity index (χ3v) is 3.61. The van der Waals surface area contributed by atoms with Crippen LogP contribution in [0.3, 0.4) is 0 Å². The van der Waals surface area contributed by atoms with E-state index in [-0.39, 0.29) is 0 Å². The molecule has 4 heteroatoms. The first-order valence-corrected chi connectivity index (χ1v) is 6.23. The number of nitrogens with zero attached hydrogens (tertiary/aromatic N) is 2. The van der Waals surface area contributed by atoms with Gasteiger partial charge in [-0.1, -0.05) is 29.8 Å². The molecule has 17 heavy (non-hydrogen) atoms. The topological polar surface area (TPSA) is 62.7 Å². The van der Waals surface area contributed by atoms with Gasteiger partial charge in [0.1, 0.15) is 6.07 Å². The van der Waals surface area contributed by atoms with E-state index in [1.165, 1.54) is 5.56 Å². The molecule has 0 unspecified atom stereocenters. The number of hydrogen-bond acceptors (Lipinski definition) is 4. The summed E-state index contributed by atoms with van der Waals surface area (Å²) >= 11 is 1.55. The monoisotopic (exact) mass is 243 g/mol. The molecule has 0 aliphatic carbocycles. The third kappa shape index (κ3) is 2.52. The zero-order valence-electron chi connectivity index (χ0n) is 9.60. The minimum absolute atomic E-state index is 0.502. The predicted molar refractivity (Wildman–Crippen MR) is 69.8 cm³/mol. The van der Waals surface area contributed by atoms with E-state index < -0.39 is 0 Å². The molecule has 1 aromatic carbocycles. The van der Waals surface area contributed by atoms with Crippen LogP contribution in [0.4, 0.5) is 0 Å². The van der Waals surface area contributed by atoms with Gasteiger partial charge in [0.25, 0.3) is 0 Å². The first kappa shape index (κ1) is 11.8. The standard InChI is InChI=1S/C13H13N3S/c1-9-2-4-10(5-3-9)13-11(8-15)16-12(17-13)6-7-14/h2-5H,6-7,14H2,1H3. The molecule has 0 aliphatic rings. The number of rotatable bonds is 3. The van der Waals surface area contributed by atoms with Crippen molar-refractivity contribution < 1.29 is 0 Å². The molecule has 86 valence electrons. The maximum absolute atomic E-state index is 9.08. The Labute approximate surface area is 105 Å². The Balaban J connectivity index is 2.44. The molecule has 0 amide bonds. The summed E-state index contributed by atoms with van der Waals surface area (Å²) in [6.45, 7) is 2.60. The van der Waals surface area contributed by atoms with E-state index in [0.29, 0.717) is 12.2 Å². The van der Waals surface area contributed by atoms with E-state index >= 15 is 0 Å². The number of benzene rings is 1. The Morgan fingerprint density at radius 2 is 2.06 bits per heavy atom. The van der Waals surface area contributed by atoms with Gasteiger partial charge in [-0.2, -0.15) is 5.26 Å². The van der Waals surface area contributed by atoms with E-state index in [4.69, 9.17) is 11.0 Å². The van der Waals surface area contributed by atoms with Gasteiger partial charge >= 0.3 is 0 Å². The van der Waals surface area contributed by atoms with Crippen LogP contribution in [-0.2, 0) is 6.42 Å². The van der Waals surface area contributed by atoms with Gasteiger partial charge in [0, 0.05) is 6.42 Å². The molecule has 3 nitrogen and oxygen atoms in total. The maximum atomic E-state index is 9.08. The maximum Gasteiger partial charge on any atom is 0.159 e. The van der Waals surface area contributed by atoms with Gasteiger partial charge in [-0.3, -0.25) is 0 Å². The fourth-order valence-corrected chi connectivity index (χ4v) is 2.61. The molecule has 2 rings (SSSR count). The van der Waals surface area contributed by atoms with E-state index in [2.05, 4.69) is 11.1 Å². The summed E-state index contributed by atoms with van der Waals surface area (Å²) < 4.78 is 0. The number of thiazole rings is 1. The van der Waals surface area contributed by atoms with Crippen molar-refractivity contribution in [3.63, 3.8) is 0 Å². The van der Waals surface area contributed by atoms with Gasteiger partial charge in [-0.25, -0.2) is 4.98 Å². The van der Waals surface area contributed by atoms with Crippen molar-refractivity contribution >= 4 is 11.3 Å². The van der Waals surface area contributed by atoms with Crippen molar-refractivity contribution in [1.82, 2.24) is 4.98 Å². The molecule has 0 fully saturated rings. The number of aromatic nitrogens is 1. The molecule has 0 aliphatic heterocycles. The van der Waals surface area contributed by atoms with Crippen molar-refractivity contribution in [2.75, 3.05) is 6.54 Å². The van der Waals surface area contributed by atoms with E-state index in [9.17, 15) is 0 Å². The third-order valence-electron chi connectivity index (χ3n) is 2.45. The lowest BCUT2D eigenvalue weighted by Gasteiger charge is -1.97. The fourth-order valence-electron chi connectivity index (χ4n) is 1.57. The minimum Gasteiger partial charge on any atom is -0.330 e. The zero-order chi connectivity index (χ0) is 12.3. The summed E-state index contributed by atoms with van der Waals surface area (Å²) in [5, 5.41) is 10.0. The largest absolute Gasteiger partial charge is 0.330 e. The van der Waals surface area contributed by atoms with Gasteiger partial charge in [0.15, 0.2) is 5.69 Å². The number of aryl methyl sites for hydroxylation is 1. The quantitative estimate of drug-likeness (QED) is 0.900. The van der Waals surface area contributed by atoms with Crippen LogP contribution in [0.15, 0.2) is 24.3 Å². The van der Waals surface area contributed by atoms with Gasteiger partial charge in [-0.05, 0) is 19.0 Å². The van der Waals surface area contributed by atoms with Crippen LogP contribution in [0.5, 0.6) is 0 Å². The lowest BCUT2D eigenvalue weighted by molar-refractivity contribution is 0.950. The predicted octanol–water partition coefficient (Wildman–Crippen LogP) is 2.49. The highest BCUT2D eigenvalue weighted by atomic mass is 32.1. The Bertz CT molecular complexity index is 549. The minimum atomic E-state index is 0.502. The van der Waals surface area contributed by atoms with E-state index in [1.54, 1.807) is 11.3 Å². The Morgan fingerprint density at radius 1 is 1.35 bits per heavy atom. The Kier molecular flexibility index (Phi) is 3.52. The van der Waals surface area contributed by atoms with Crippen molar-refractivity contribution in [2.45, 2.75) is 13.3 Å². The average Bonchev–Trinajstić information content (AvgIpc) is 2.74. The van der Waals surface area contributed by atoms with Gasteiger partial charge in [-0.15, -0.1) is 11.3 Å². The fraction of sp³-hybridized carbons (Fsp3) is 0.231. The summed E-state index contributed by atoms with van der Waals surface area (Å²) in [6, 6.07) is 10.3. The summed E-state index contributed by atoms with van der Waals surface area (Å²) in [6.07, 6.45) is 0.727. The van der Waals surface area contributed by atoms with Crippen LogP contribution in [-0.4, -0.2) is 11.5 Å². The number of nitriles is 1. The van der Waals surface area contributed by atoms with Gasteiger partial charge in [0.05, 0.1) is 9.88 Å². The first-order chi connectivity index (χ1) is 8.24. The molecule has 2 N–H and O–H groups in total. The van der Waals surface area contributed by atoms with Crippen LogP contribution in [0.2, 0.25) is 0 Å². The van der Waals surface area contributed by atoms with Crippen LogP contribution >= 0.6 is 11.3 Å². The molecule has 0 bridgehead atoms. The summed E-state index contributed by atoms with van der Waals surface area (Å²) in [7, 11) is 0. The lowest BCUT2D eigenvalue weighted by atomic mass is 10.1. The van der Waals surface area contributed by atoms with Crippen molar-refractivity contribution in [3.8, 4) is 16.5 Å². The second-order valence-electron chi connectivity index (χ2n) is 3.80. The van der Waals surface area contributed by atoms with Crippen LogP contribution < -0.4 is 5.73 Å². The van der Waals surface area contributed by atoms with Crippen LogP contribution in [0.25, 0.3) is 10.4 Å². The normalized spacial score (nSPS) is 10.2. The first-order valence-electron chi connectivity index (χ1n) is 5.41. The van der Waals surface area contributed by atoms with E-state index in [0.717, 1.165) is 21.9 Å². The Morgan fingerprint density at radius 3 is 2.65 bits per heavy atom.